The highest BCUT2D eigenvalue weighted by atomic mass is 79.9. The molecule has 6 heteroatoms. The fraction of sp³-hybridized carbons (Fsp3) is 0.375. The first kappa shape index (κ1) is 9.39. The van der Waals surface area contributed by atoms with E-state index in [1.165, 1.54) is 6.20 Å². The number of pyridine rings is 1. The summed E-state index contributed by atoms with van der Waals surface area (Å²) in [7, 11) is 0. The van der Waals surface area contributed by atoms with Crippen molar-refractivity contribution < 1.29 is 4.92 Å². The highest BCUT2D eigenvalue weighted by Crippen LogP contribution is 2.31. The standard InChI is InChI=1S/C8H8BrN3O2/c9-8-3-6(11-5-1-2-5)7(4-10-8)12(13)14/h3-5H,1-2H2,(H,10,11). The third-order valence-corrected chi connectivity index (χ3v) is 2.42. The summed E-state index contributed by atoms with van der Waals surface area (Å²) < 4.78 is 0.603. The lowest BCUT2D eigenvalue weighted by atomic mass is 10.3. The number of nitrogens with zero attached hydrogens (tertiary/aromatic N) is 2. The van der Waals surface area contributed by atoms with Gasteiger partial charge in [0.1, 0.15) is 16.5 Å². The molecule has 1 heterocycles. The van der Waals surface area contributed by atoms with Gasteiger partial charge in [0.15, 0.2) is 0 Å². The molecule has 0 bridgehead atoms. The van der Waals surface area contributed by atoms with E-state index in [-0.39, 0.29) is 5.69 Å². The summed E-state index contributed by atoms with van der Waals surface area (Å²) in [6, 6.07) is 2.03. The molecular formula is C8H8BrN3O2. The lowest BCUT2D eigenvalue weighted by Gasteiger charge is -2.04. The normalized spacial score (nSPS) is 15.2. The molecule has 1 saturated carbocycles. The Bertz CT molecular complexity index is 379. The van der Waals surface area contributed by atoms with Crippen LogP contribution in [-0.4, -0.2) is 15.9 Å². The Morgan fingerprint density at radius 2 is 2.36 bits per heavy atom. The predicted molar refractivity (Wildman–Crippen MR) is 55.2 cm³/mol. The molecule has 74 valence electrons. The zero-order valence-electron chi connectivity index (χ0n) is 7.24. The first-order valence-corrected chi connectivity index (χ1v) is 5.02. The van der Waals surface area contributed by atoms with Gasteiger partial charge in [-0.15, -0.1) is 0 Å². The molecule has 1 aliphatic carbocycles. The third kappa shape index (κ3) is 2.01. The molecule has 1 aromatic heterocycles. The van der Waals surface area contributed by atoms with E-state index in [1.54, 1.807) is 6.07 Å². The summed E-state index contributed by atoms with van der Waals surface area (Å²) in [4.78, 5) is 14.0. The van der Waals surface area contributed by atoms with Crippen molar-refractivity contribution in [1.29, 1.82) is 0 Å². The second kappa shape index (κ2) is 3.53. The Labute approximate surface area is 88.8 Å². The first-order valence-electron chi connectivity index (χ1n) is 4.23. The van der Waals surface area contributed by atoms with Crippen LogP contribution in [0.15, 0.2) is 16.9 Å². The number of anilines is 1. The second-order valence-corrected chi connectivity index (χ2v) is 4.01. The Balaban J connectivity index is 2.31. The van der Waals surface area contributed by atoms with Gasteiger partial charge in [-0.25, -0.2) is 4.98 Å². The first-order chi connectivity index (χ1) is 6.66. The summed E-state index contributed by atoms with van der Waals surface area (Å²) in [5.41, 5.74) is 0.569. The molecule has 1 fully saturated rings. The molecule has 0 radical (unpaired) electrons. The third-order valence-electron chi connectivity index (χ3n) is 1.98. The highest BCUT2D eigenvalue weighted by molar-refractivity contribution is 9.10. The van der Waals surface area contributed by atoms with Gasteiger partial charge in [-0.2, -0.15) is 0 Å². The summed E-state index contributed by atoms with van der Waals surface area (Å²) >= 11 is 3.18. The van der Waals surface area contributed by atoms with Gasteiger partial charge in [-0.1, -0.05) is 0 Å². The zero-order chi connectivity index (χ0) is 10.1. The lowest BCUT2D eigenvalue weighted by Crippen LogP contribution is -2.04. The van der Waals surface area contributed by atoms with E-state index < -0.39 is 4.92 Å². The number of aromatic nitrogens is 1. The van der Waals surface area contributed by atoms with Crippen LogP contribution < -0.4 is 5.32 Å². The smallest absolute Gasteiger partial charge is 0.310 e. The Kier molecular flexibility index (Phi) is 2.37. The molecule has 0 aromatic carbocycles. The van der Waals surface area contributed by atoms with Crippen molar-refractivity contribution in [3.8, 4) is 0 Å². The van der Waals surface area contributed by atoms with Gasteiger partial charge in [-0.05, 0) is 28.8 Å². The number of hydrogen-bond donors (Lipinski definition) is 1. The summed E-state index contributed by atoms with van der Waals surface area (Å²) in [6.45, 7) is 0. The van der Waals surface area contributed by atoms with E-state index in [1.807, 2.05) is 0 Å². The topological polar surface area (TPSA) is 68.1 Å². The van der Waals surface area contributed by atoms with Crippen LogP contribution in [-0.2, 0) is 0 Å². The molecule has 1 aromatic rings. The molecular weight excluding hydrogens is 250 g/mol. The highest BCUT2D eigenvalue weighted by Gasteiger charge is 2.25. The van der Waals surface area contributed by atoms with Gasteiger partial charge in [-0.3, -0.25) is 10.1 Å². The molecule has 0 unspecified atom stereocenters. The van der Waals surface area contributed by atoms with Crippen LogP contribution >= 0.6 is 15.9 Å². The van der Waals surface area contributed by atoms with Crippen LogP contribution in [0.1, 0.15) is 12.8 Å². The predicted octanol–water partition coefficient (Wildman–Crippen LogP) is 2.33. The van der Waals surface area contributed by atoms with Gasteiger partial charge in [0.2, 0.25) is 0 Å². The fourth-order valence-corrected chi connectivity index (χ4v) is 1.46. The van der Waals surface area contributed by atoms with Crippen molar-refractivity contribution in [1.82, 2.24) is 4.98 Å². The van der Waals surface area contributed by atoms with Crippen molar-refractivity contribution >= 4 is 27.3 Å². The van der Waals surface area contributed by atoms with Crippen LogP contribution in [0.3, 0.4) is 0 Å². The molecule has 5 nitrogen and oxygen atoms in total. The Hall–Kier alpha value is -1.17. The Morgan fingerprint density at radius 1 is 1.64 bits per heavy atom. The summed E-state index contributed by atoms with van der Waals surface area (Å²) in [5, 5.41) is 13.7. The summed E-state index contributed by atoms with van der Waals surface area (Å²) in [6.07, 6.45) is 3.42. The van der Waals surface area contributed by atoms with Gasteiger partial charge in [0, 0.05) is 12.1 Å². The fourth-order valence-electron chi connectivity index (χ4n) is 1.13. The van der Waals surface area contributed by atoms with E-state index in [9.17, 15) is 10.1 Å². The molecule has 0 saturated heterocycles. The van der Waals surface area contributed by atoms with Crippen molar-refractivity contribution in [2.75, 3.05) is 5.32 Å². The van der Waals surface area contributed by atoms with Gasteiger partial charge in [0.25, 0.3) is 0 Å². The molecule has 0 spiro atoms. The van der Waals surface area contributed by atoms with E-state index in [4.69, 9.17) is 0 Å². The van der Waals surface area contributed by atoms with Gasteiger partial charge >= 0.3 is 5.69 Å². The number of rotatable bonds is 3. The van der Waals surface area contributed by atoms with E-state index in [0.29, 0.717) is 16.3 Å². The molecule has 1 aliphatic rings. The average Bonchev–Trinajstić information content (AvgIpc) is 2.87. The SMILES string of the molecule is O=[N+]([O-])c1cnc(Br)cc1NC1CC1. The van der Waals surface area contributed by atoms with Crippen molar-refractivity contribution in [3.05, 3.63) is 27.0 Å². The maximum absolute atomic E-state index is 10.6. The average molecular weight is 258 g/mol. The van der Waals surface area contributed by atoms with Gasteiger partial charge in [0.05, 0.1) is 4.92 Å². The minimum atomic E-state index is -0.426. The molecule has 0 amide bonds. The van der Waals surface area contributed by atoms with Crippen molar-refractivity contribution in [2.24, 2.45) is 0 Å². The maximum atomic E-state index is 10.6. The van der Waals surface area contributed by atoms with Gasteiger partial charge < -0.3 is 5.32 Å². The monoisotopic (exact) mass is 257 g/mol. The molecule has 2 rings (SSSR count). The van der Waals surface area contributed by atoms with E-state index in [2.05, 4.69) is 26.2 Å². The summed E-state index contributed by atoms with van der Waals surface area (Å²) in [5.74, 6) is 0. The van der Waals surface area contributed by atoms with Crippen molar-refractivity contribution in [3.63, 3.8) is 0 Å². The molecule has 14 heavy (non-hydrogen) atoms. The minimum Gasteiger partial charge on any atom is -0.377 e. The van der Waals surface area contributed by atoms with Crippen LogP contribution in [0.5, 0.6) is 0 Å². The number of halogens is 1. The van der Waals surface area contributed by atoms with Crippen LogP contribution in [0, 0.1) is 10.1 Å². The Morgan fingerprint density at radius 3 is 2.93 bits per heavy atom. The van der Waals surface area contributed by atoms with Crippen LogP contribution in [0.2, 0.25) is 0 Å². The lowest BCUT2D eigenvalue weighted by molar-refractivity contribution is -0.384. The largest absolute Gasteiger partial charge is 0.377 e. The van der Waals surface area contributed by atoms with E-state index >= 15 is 0 Å². The maximum Gasteiger partial charge on any atom is 0.310 e. The molecule has 0 atom stereocenters. The number of nitro groups is 1. The second-order valence-electron chi connectivity index (χ2n) is 3.20. The van der Waals surface area contributed by atoms with Crippen LogP contribution in [0.4, 0.5) is 11.4 Å². The molecule has 1 N–H and O–H groups in total. The minimum absolute atomic E-state index is 0.0279. The molecule has 0 aliphatic heterocycles. The number of hydrogen-bond acceptors (Lipinski definition) is 4. The quantitative estimate of drug-likeness (QED) is 0.513. The van der Waals surface area contributed by atoms with Crippen molar-refractivity contribution in [2.45, 2.75) is 18.9 Å². The van der Waals surface area contributed by atoms with Crippen LogP contribution in [0.25, 0.3) is 0 Å². The number of nitrogens with one attached hydrogen (secondary N) is 1. The zero-order valence-corrected chi connectivity index (χ0v) is 8.82. The van der Waals surface area contributed by atoms with E-state index in [0.717, 1.165) is 12.8 Å².